The van der Waals surface area contributed by atoms with Crippen LogP contribution in [-0.4, -0.2) is 76.5 Å². The third-order valence-corrected chi connectivity index (χ3v) is 7.87. The maximum Gasteiger partial charge on any atom is 0.310 e. The number of carbonyl (C=O) groups is 6. The van der Waals surface area contributed by atoms with Crippen LogP contribution in [0.3, 0.4) is 0 Å². The van der Waals surface area contributed by atoms with Crippen LogP contribution < -0.4 is 16.0 Å². The van der Waals surface area contributed by atoms with Gasteiger partial charge in [-0.25, -0.2) is 5.01 Å². The van der Waals surface area contributed by atoms with Gasteiger partial charge in [0, 0.05) is 25.5 Å². The minimum absolute atomic E-state index is 0.0237. The van der Waals surface area contributed by atoms with E-state index in [1.54, 1.807) is 0 Å². The van der Waals surface area contributed by atoms with Crippen molar-refractivity contribution in [3.63, 3.8) is 0 Å². The third-order valence-electron chi connectivity index (χ3n) is 7.56. The maximum atomic E-state index is 13.8. The van der Waals surface area contributed by atoms with Crippen molar-refractivity contribution in [3.05, 3.63) is 64.7 Å². The number of cyclic esters (lactones) is 1. The predicted octanol–water partition coefficient (Wildman–Crippen LogP) is 1.90. The zero-order valence-corrected chi connectivity index (χ0v) is 24.7. The molecule has 14 heteroatoms. The lowest BCUT2D eigenvalue weighted by molar-refractivity contribution is -0.177. The molecule has 4 atom stereocenters. The molecular formula is C30H32ClN5O8. The number of anilines is 1. The number of hydrogen-bond donors (Lipinski definition) is 3. The molecule has 5 rings (SSSR count). The van der Waals surface area contributed by atoms with Crippen molar-refractivity contribution < 1.29 is 38.2 Å². The normalized spacial score (nSPS) is 23.4. The van der Waals surface area contributed by atoms with E-state index in [1.165, 1.54) is 30.1 Å². The summed E-state index contributed by atoms with van der Waals surface area (Å²) in [7, 11) is 0. The largest absolute Gasteiger partial charge is 0.433 e. The molecule has 0 bridgehead atoms. The molecule has 0 radical (unpaired) electrons. The Kier molecular flexibility index (Phi) is 9.45. The molecule has 3 heterocycles. The van der Waals surface area contributed by atoms with Gasteiger partial charge in [0.1, 0.15) is 18.1 Å². The second-order valence-electron chi connectivity index (χ2n) is 10.8. The van der Waals surface area contributed by atoms with Crippen molar-refractivity contribution in [2.24, 2.45) is 0 Å². The van der Waals surface area contributed by atoms with Gasteiger partial charge in [0.25, 0.3) is 11.8 Å². The average Bonchev–Trinajstić information content (AvgIpc) is 3.30. The van der Waals surface area contributed by atoms with E-state index in [1.807, 2.05) is 30.3 Å². The Morgan fingerprint density at radius 2 is 1.82 bits per heavy atom. The van der Waals surface area contributed by atoms with Gasteiger partial charge in [0.2, 0.25) is 24.0 Å². The summed E-state index contributed by atoms with van der Waals surface area (Å²) in [5.41, 5.74) is 1.33. The first-order valence-corrected chi connectivity index (χ1v) is 14.6. The van der Waals surface area contributed by atoms with Crippen molar-refractivity contribution in [2.75, 3.05) is 11.9 Å². The molecule has 2 aromatic rings. The summed E-state index contributed by atoms with van der Waals surface area (Å²) in [4.78, 5) is 77.1. The van der Waals surface area contributed by atoms with E-state index in [0.717, 1.165) is 10.6 Å². The van der Waals surface area contributed by atoms with Crippen LogP contribution in [0.25, 0.3) is 0 Å². The maximum absolute atomic E-state index is 13.8. The highest BCUT2D eigenvalue weighted by Gasteiger charge is 2.46. The van der Waals surface area contributed by atoms with Crippen molar-refractivity contribution in [1.82, 2.24) is 20.7 Å². The minimum atomic E-state index is -1.10. The minimum Gasteiger partial charge on any atom is -0.433 e. The van der Waals surface area contributed by atoms with Crippen molar-refractivity contribution in [2.45, 2.75) is 70.1 Å². The highest BCUT2D eigenvalue weighted by atomic mass is 35.5. The average molecular weight is 626 g/mol. The van der Waals surface area contributed by atoms with E-state index in [2.05, 4.69) is 16.0 Å². The monoisotopic (exact) mass is 625 g/mol. The van der Waals surface area contributed by atoms with E-state index in [4.69, 9.17) is 21.1 Å². The fraction of sp³-hybridized carbons (Fsp3) is 0.400. The van der Waals surface area contributed by atoms with Gasteiger partial charge in [-0.15, -0.1) is 0 Å². The molecule has 3 aliphatic heterocycles. The zero-order chi connectivity index (χ0) is 31.4. The van der Waals surface area contributed by atoms with Crippen LogP contribution in [0.1, 0.15) is 54.9 Å². The number of benzene rings is 2. The molecule has 3 aliphatic rings. The third kappa shape index (κ3) is 7.00. The summed E-state index contributed by atoms with van der Waals surface area (Å²) in [5.74, 6) is -3.00. The highest BCUT2D eigenvalue weighted by molar-refractivity contribution is 6.34. The van der Waals surface area contributed by atoms with Gasteiger partial charge in [0.05, 0.1) is 23.7 Å². The van der Waals surface area contributed by atoms with Gasteiger partial charge >= 0.3 is 5.97 Å². The lowest BCUT2D eigenvalue weighted by Crippen LogP contribution is -2.64. The molecule has 0 aliphatic carbocycles. The smallest absolute Gasteiger partial charge is 0.310 e. The van der Waals surface area contributed by atoms with Crippen LogP contribution in [0.5, 0.6) is 0 Å². The number of fused-ring (bicyclic) bond motifs is 1. The van der Waals surface area contributed by atoms with Gasteiger partial charge in [-0.3, -0.25) is 33.8 Å². The second kappa shape index (κ2) is 13.4. The molecule has 3 saturated heterocycles. The molecular weight excluding hydrogens is 594 g/mol. The summed E-state index contributed by atoms with van der Waals surface area (Å²) >= 11 is 6.21. The lowest BCUT2D eigenvalue weighted by Gasteiger charge is -2.43. The number of esters is 1. The topological polar surface area (TPSA) is 163 Å². The van der Waals surface area contributed by atoms with Gasteiger partial charge < -0.3 is 25.4 Å². The van der Waals surface area contributed by atoms with Gasteiger partial charge in [-0.05, 0) is 43.0 Å². The van der Waals surface area contributed by atoms with Crippen LogP contribution in [0, 0.1) is 0 Å². The standard InChI is InChI=1S/C30H32ClN5O8/c1-17(37)32-21-10-9-19(14-20(21)31)27(40)33-22-11-12-25(38)35-13-5-8-24(36(35)29(22)42)28(41)34-23-15-26(39)44-30(23)43-16-18-6-3-2-4-7-18/h2-4,6-7,9-10,14,22-24,30H,5,8,11-13,15-16H2,1H3,(H,32,37)(H,33,40)(H,34,41)/t22-,23-,24-,30?/m0/s1. The highest BCUT2D eigenvalue weighted by Crippen LogP contribution is 2.27. The summed E-state index contributed by atoms with van der Waals surface area (Å²) in [6.07, 6.45) is -0.399. The molecule has 5 amide bonds. The summed E-state index contributed by atoms with van der Waals surface area (Å²) < 4.78 is 11.1. The second-order valence-corrected chi connectivity index (χ2v) is 11.2. The zero-order valence-electron chi connectivity index (χ0n) is 23.9. The van der Waals surface area contributed by atoms with Gasteiger partial charge in [0.15, 0.2) is 0 Å². The van der Waals surface area contributed by atoms with Gasteiger partial charge in [-0.1, -0.05) is 41.9 Å². The molecule has 0 aromatic heterocycles. The summed E-state index contributed by atoms with van der Waals surface area (Å²) in [5, 5.41) is 10.5. The van der Waals surface area contributed by atoms with E-state index >= 15 is 0 Å². The number of nitrogens with zero attached hydrogens (tertiary/aromatic N) is 2. The van der Waals surface area contributed by atoms with Crippen molar-refractivity contribution in [3.8, 4) is 0 Å². The van der Waals surface area contributed by atoms with Crippen LogP contribution >= 0.6 is 11.6 Å². The van der Waals surface area contributed by atoms with Crippen molar-refractivity contribution in [1.29, 1.82) is 0 Å². The quantitative estimate of drug-likeness (QED) is 0.375. The van der Waals surface area contributed by atoms with Gasteiger partial charge in [-0.2, -0.15) is 0 Å². The number of halogens is 1. The molecule has 232 valence electrons. The Labute approximate surface area is 258 Å². The first kappa shape index (κ1) is 31.0. The van der Waals surface area contributed by atoms with E-state index < -0.39 is 48.1 Å². The van der Waals surface area contributed by atoms with Crippen LogP contribution in [0.2, 0.25) is 5.02 Å². The number of amides is 5. The number of rotatable bonds is 8. The predicted molar refractivity (Wildman–Crippen MR) is 155 cm³/mol. The molecule has 0 saturated carbocycles. The first-order valence-electron chi connectivity index (χ1n) is 14.3. The Bertz CT molecular complexity index is 1470. The molecule has 44 heavy (non-hydrogen) atoms. The molecule has 13 nitrogen and oxygen atoms in total. The lowest BCUT2D eigenvalue weighted by atomic mass is 10.0. The number of hydrogen-bond acceptors (Lipinski definition) is 8. The van der Waals surface area contributed by atoms with E-state index in [0.29, 0.717) is 12.1 Å². The Hall–Kier alpha value is -4.49. The van der Waals surface area contributed by atoms with Crippen molar-refractivity contribution >= 4 is 52.8 Å². The first-order chi connectivity index (χ1) is 21.1. The van der Waals surface area contributed by atoms with Crippen LogP contribution in [0.15, 0.2) is 48.5 Å². The molecule has 3 N–H and O–H groups in total. The number of ether oxygens (including phenoxy) is 2. The number of nitrogens with one attached hydrogen (secondary N) is 3. The summed E-state index contributed by atoms with van der Waals surface area (Å²) in [6.45, 7) is 1.72. The van der Waals surface area contributed by atoms with E-state index in [9.17, 15) is 28.8 Å². The molecule has 3 fully saturated rings. The molecule has 2 aromatic carbocycles. The fourth-order valence-corrected chi connectivity index (χ4v) is 5.66. The SMILES string of the molecule is CC(=O)Nc1ccc(C(=O)N[C@H]2CCC(=O)N3CCC[C@@H](C(=O)N[C@H]4CC(=O)OC4OCc4ccccc4)N3C2=O)cc1Cl. The van der Waals surface area contributed by atoms with Crippen LogP contribution in [0.4, 0.5) is 5.69 Å². The fourth-order valence-electron chi connectivity index (χ4n) is 5.43. The molecule has 1 unspecified atom stereocenters. The number of carbonyl (C=O) groups excluding carboxylic acids is 6. The van der Waals surface area contributed by atoms with Crippen LogP contribution in [-0.2, 0) is 40.1 Å². The number of hydrazine groups is 1. The summed E-state index contributed by atoms with van der Waals surface area (Å²) in [6, 6.07) is 10.6. The Morgan fingerprint density at radius 3 is 2.55 bits per heavy atom. The Morgan fingerprint density at radius 1 is 1.05 bits per heavy atom. The molecule has 0 spiro atoms. The Balaban J connectivity index is 1.28. The van der Waals surface area contributed by atoms with E-state index in [-0.39, 0.29) is 61.2 Å².